The third-order valence-electron chi connectivity index (χ3n) is 2.42. The highest BCUT2D eigenvalue weighted by Crippen LogP contribution is 2.28. The van der Waals surface area contributed by atoms with Crippen LogP contribution in [0, 0.1) is 13.8 Å². The first kappa shape index (κ1) is 8.76. The Morgan fingerprint density at radius 2 is 1.69 bits per heavy atom. The van der Waals surface area contributed by atoms with Gasteiger partial charge in [0.1, 0.15) is 0 Å². The van der Waals surface area contributed by atoms with Crippen LogP contribution in [0.15, 0.2) is 34.8 Å². The number of hydrogen-bond donors (Lipinski definition) is 0. The number of halogens is 1. The summed E-state index contributed by atoms with van der Waals surface area (Å²) < 4.78 is 1.19. The number of rotatable bonds is 0. The first-order chi connectivity index (χ1) is 6.20. The van der Waals surface area contributed by atoms with Crippen molar-refractivity contribution in [2.24, 2.45) is 0 Å². The second-order valence-electron chi connectivity index (χ2n) is 3.36. The highest BCUT2D eigenvalue weighted by molar-refractivity contribution is 9.10. The van der Waals surface area contributed by atoms with Crippen molar-refractivity contribution in [3.8, 4) is 0 Å². The molecule has 0 heterocycles. The average molecular weight is 235 g/mol. The molecule has 0 aliphatic heterocycles. The SMILES string of the molecule is Cc1ccc(Br)c2c(C)cccc12. The molecular weight excluding hydrogens is 224 g/mol. The van der Waals surface area contributed by atoms with Gasteiger partial charge in [-0.05, 0) is 41.8 Å². The Kier molecular flexibility index (Phi) is 2.12. The maximum atomic E-state index is 3.58. The number of benzene rings is 2. The molecule has 0 nitrogen and oxygen atoms in total. The van der Waals surface area contributed by atoms with E-state index in [1.54, 1.807) is 0 Å². The van der Waals surface area contributed by atoms with Crippen LogP contribution in [0.5, 0.6) is 0 Å². The molecular formula is C12H11Br. The van der Waals surface area contributed by atoms with Gasteiger partial charge in [-0.15, -0.1) is 0 Å². The Labute approximate surface area is 86.7 Å². The van der Waals surface area contributed by atoms with Gasteiger partial charge in [0, 0.05) is 4.47 Å². The Bertz CT molecular complexity index is 450. The molecule has 0 atom stereocenters. The second-order valence-corrected chi connectivity index (χ2v) is 4.22. The molecule has 1 heteroatoms. The van der Waals surface area contributed by atoms with Gasteiger partial charge in [-0.2, -0.15) is 0 Å². The van der Waals surface area contributed by atoms with Gasteiger partial charge < -0.3 is 0 Å². The minimum absolute atomic E-state index is 1.19. The summed E-state index contributed by atoms with van der Waals surface area (Å²) in [5.74, 6) is 0. The van der Waals surface area contributed by atoms with Crippen LogP contribution in [0.2, 0.25) is 0 Å². The van der Waals surface area contributed by atoms with Gasteiger partial charge >= 0.3 is 0 Å². The van der Waals surface area contributed by atoms with Gasteiger partial charge in [-0.3, -0.25) is 0 Å². The van der Waals surface area contributed by atoms with Crippen molar-refractivity contribution in [1.29, 1.82) is 0 Å². The summed E-state index contributed by atoms with van der Waals surface area (Å²) in [5, 5.41) is 2.68. The molecule has 2 rings (SSSR count). The molecule has 0 spiro atoms. The molecule has 0 aliphatic rings. The smallest absolute Gasteiger partial charge is 0.0256 e. The minimum atomic E-state index is 1.19. The normalized spacial score (nSPS) is 10.7. The molecule has 13 heavy (non-hydrogen) atoms. The predicted octanol–water partition coefficient (Wildman–Crippen LogP) is 4.22. The van der Waals surface area contributed by atoms with Crippen molar-refractivity contribution < 1.29 is 0 Å². The first-order valence-electron chi connectivity index (χ1n) is 4.34. The van der Waals surface area contributed by atoms with Gasteiger partial charge in [0.2, 0.25) is 0 Å². The molecule has 0 amide bonds. The van der Waals surface area contributed by atoms with Crippen molar-refractivity contribution in [2.45, 2.75) is 13.8 Å². The monoisotopic (exact) mass is 234 g/mol. The fourth-order valence-corrected chi connectivity index (χ4v) is 2.34. The summed E-state index contributed by atoms with van der Waals surface area (Å²) in [6.45, 7) is 4.29. The number of aryl methyl sites for hydroxylation is 2. The fourth-order valence-electron chi connectivity index (χ4n) is 1.68. The van der Waals surface area contributed by atoms with Crippen molar-refractivity contribution >= 4 is 26.7 Å². The molecule has 0 saturated carbocycles. The standard InChI is InChI=1S/C12H11Br/c1-8-6-7-11(13)12-9(2)4-3-5-10(8)12/h3-7H,1-2H3. The number of fused-ring (bicyclic) bond motifs is 1. The Balaban J connectivity index is 3.00. The van der Waals surface area contributed by atoms with Crippen molar-refractivity contribution in [1.82, 2.24) is 0 Å². The summed E-state index contributed by atoms with van der Waals surface area (Å²) in [6.07, 6.45) is 0. The molecule has 0 fully saturated rings. The quantitative estimate of drug-likeness (QED) is 0.641. The lowest BCUT2D eigenvalue weighted by molar-refractivity contribution is 1.47. The van der Waals surface area contributed by atoms with E-state index < -0.39 is 0 Å². The van der Waals surface area contributed by atoms with E-state index in [0.29, 0.717) is 0 Å². The highest BCUT2D eigenvalue weighted by Gasteiger charge is 2.02. The van der Waals surface area contributed by atoms with E-state index >= 15 is 0 Å². The van der Waals surface area contributed by atoms with E-state index in [9.17, 15) is 0 Å². The summed E-state index contributed by atoms with van der Waals surface area (Å²) in [7, 11) is 0. The molecule has 0 saturated heterocycles. The zero-order valence-electron chi connectivity index (χ0n) is 7.76. The van der Waals surface area contributed by atoms with E-state index in [0.717, 1.165) is 0 Å². The van der Waals surface area contributed by atoms with Gasteiger partial charge in [0.15, 0.2) is 0 Å². The maximum absolute atomic E-state index is 3.58. The number of hydrogen-bond acceptors (Lipinski definition) is 0. The van der Waals surface area contributed by atoms with E-state index in [1.807, 2.05) is 0 Å². The third kappa shape index (κ3) is 1.37. The molecule has 2 aromatic rings. The molecule has 0 unspecified atom stereocenters. The van der Waals surface area contributed by atoms with Crippen molar-refractivity contribution in [3.63, 3.8) is 0 Å². The molecule has 0 aromatic heterocycles. The van der Waals surface area contributed by atoms with E-state index in [2.05, 4.69) is 60.1 Å². The molecule has 0 aliphatic carbocycles. The lowest BCUT2D eigenvalue weighted by Crippen LogP contribution is -1.82. The zero-order chi connectivity index (χ0) is 9.42. The van der Waals surface area contributed by atoms with Gasteiger partial charge in [-0.25, -0.2) is 0 Å². The molecule has 66 valence electrons. The Hall–Kier alpha value is -0.820. The van der Waals surface area contributed by atoms with Crippen molar-refractivity contribution in [2.75, 3.05) is 0 Å². The summed E-state index contributed by atoms with van der Waals surface area (Å²) in [6, 6.07) is 10.7. The maximum Gasteiger partial charge on any atom is 0.0256 e. The lowest BCUT2D eigenvalue weighted by Gasteiger charge is -2.06. The van der Waals surface area contributed by atoms with E-state index in [-0.39, 0.29) is 0 Å². The van der Waals surface area contributed by atoms with Gasteiger partial charge in [0.05, 0.1) is 0 Å². The summed E-state index contributed by atoms with van der Waals surface area (Å²) in [5.41, 5.74) is 2.66. The predicted molar refractivity (Wildman–Crippen MR) is 61.1 cm³/mol. The van der Waals surface area contributed by atoms with Crippen molar-refractivity contribution in [3.05, 3.63) is 45.9 Å². The van der Waals surface area contributed by atoms with Crippen LogP contribution >= 0.6 is 15.9 Å². The van der Waals surface area contributed by atoms with Gasteiger partial charge in [0.25, 0.3) is 0 Å². The summed E-state index contributed by atoms with van der Waals surface area (Å²) in [4.78, 5) is 0. The first-order valence-corrected chi connectivity index (χ1v) is 5.14. The van der Waals surface area contributed by atoms with Crippen LogP contribution in [0.1, 0.15) is 11.1 Å². The molecule has 2 aromatic carbocycles. The molecule has 0 radical (unpaired) electrons. The Morgan fingerprint density at radius 1 is 0.923 bits per heavy atom. The van der Waals surface area contributed by atoms with Crippen LogP contribution in [0.4, 0.5) is 0 Å². The minimum Gasteiger partial charge on any atom is -0.0614 e. The fraction of sp³-hybridized carbons (Fsp3) is 0.167. The zero-order valence-corrected chi connectivity index (χ0v) is 9.35. The third-order valence-corrected chi connectivity index (χ3v) is 3.08. The van der Waals surface area contributed by atoms with Crippen LogP contribution in [-0.2, 0) is 0 Å². The lowest BCUT2D eigenvalue weighted by atomic mass is 10.0. The highest BCUT2D eigenvalue weighted by atomic mass is 79.9. The van der Waals surface area contributed by atoms with Crippen LogP contribution in [0.25, 0.3) is 10.8 Å². The second kappa shape index (κ2) is 3.15. The van der Waals surface area contributed by atoms with Crippen LogP contribution in [0.3, 0.4) is 0 Å². The van der Waals surface area contributed by atoms with Crippen LogP contribution in [-0.4, -0.2) is 0 Å². The molecule has 0 N–H and O–H groups in total. The van der Waals surface area contributed by atoms with Crippen LogP contribution < -0.4 is 0 Å². The van der Waals surface area contributed by atoms with E-state index in [4.69, 9.17) is 0 Å². The topological polar surface area (TPSA) is 0 Å². The Morgan fingerprint density at radius 3 is 2.38 bits per heavy atom. The largest absolute Gasteiger partial charge is 0.0614 e. The van der Waals surface area contributed by atoms with E-state index in [1.165, 1.54) is 26.4 Å². The average Bonchev–Trinajstić information content (AvgIpc) is 2.12. The molecule has 0 bridgehead atoms. The summed E-state index contributed by atoms with van der Waals surface area (Å²) >= 11 is 3.58. The van der Waals surface area contributed by atoms with Gasteiger partial charge in [-0.1, -0.05) is 40.2 Å².